The monoisotopic (exact) mass is 209 g/mol. The topological polar surface area (TPSA) is 44.0 Å². The van der Waals surface area contributed by atoms with Crippen molar-refractivity contribution in [1.82, 2.24) is 0 Å². The van der Waals surface area contributed by atoms with Crippen LogP contribution in [0.1, 0.15) is 58.3 Å². The number of hydrogen-bond acceptors (Lipinski definition) is 2. The van der Waals surface area contributed by atoms with Crippen molar-refractivity contribution in [1.29, 1.82) is 5.26 Å². The fourth-order valence-corrected chi connectivity index (χ4v) is 2.54. The van der Waals surface area contributed by atoms with Gasteiger partial charge in [-0.15, -0.1) is 0 Å². The van der Waals surface area contributed by atoms with Gasteiger partial charge in [-0.05, 0) is 25.2 Å². The Morgan fingerprint density at radius 1 is 1.33 bits per heavy atom. The molecule has 1 rings (SSSR count). The van der Waals surface area contributed by atoms with Crippen LogP contribution in [0.4, 0.5) is 0 Å². The van der Waals surface area contributed by atoms with Gasteiger partial charge in [-0.3, -0.25) is 0 Å². The van der Waals surface area contributed by atoms with Crippen LogP contribution in [0.2, 0.25) is 0 Å². The molecule has 1 N–H and O–H groups in total. The largest absolute Gasteiger partial charge is 0.391 e. The maximum Gasteiger partial charge on any atom is 0.0726 e. The highest BCUT2D eigenvalue weighted by molar-refractivity contribution is 4.91. The summed E-state index contributed by atoms with van der Waals surface area (Å²) < 4.78 is 0. The number of nitriles is 1. The third kappa shape index (κ3) is 3.83. The zero-order valence-electron chi connectivity index (χ0n) is 9.78. The molecule has 0 spiro atoms. The Balaban J connectivity index is 2.40. The molecule has 1 fully saturated rings. The number of rotatable bonds is 5. The summed E-state index contributed by atoms with van der Waals surface area (Å²) in [5.74, 6) is 0.258. The van der Waals surface area contributed by atoms with Gasteiger partial charge < -0.3 is 5.11 Å². The smallest absolute Gasteiger partial charge is 0.0726 e. The summed E-state index contributed by atoms with van der Waals surface area (Å²) in [6.45, 7) is 2.13. The van der Waals surface area contributed by atoms with Crippen LogP contribution in [-0.2, 0) is 0 Å². The lowest BCUT2D eigenvalue weighted by atomic mass is 9.79. The number of hydrogen-bond donors (Lipinski definition) is 1. The van der Waals surface area contributed by atoms with Crippen molar-refractivity contribution in [3.05, 3.63) is 0 Å². The number of aliphatic hydroxyl groups is 1. The second kappa shape index (κ2) is 6.85. The summed E-state index contributed by atoms with van der Waals surface area (Å²) in [4.78, 5) is 0. The Morgan fingerprint density at radius 3 is 2.53 bits per heavy atom. The number of nitrogens with zero attached hydrogens (tertiary/aromatic N) is 1. The summed E-state index contributed by atoms with van der Waals surface area (Å²) in [6, 6.07) is 2.28. The van der Waals surface area contributed by atoms with E-state index in [1.54, 1.807) is 0 Å². The predicted octanol–water partition coefficient (Wildman–Crippen LogP) is 3.26. The highest BCUT2D eigenvalue weighted by atomic mass is 16.3. The molecule has 0 heterocycles. The Bertz CT molecular complexity index is 203. The Kier molecular flexibility index (Phi) is 5.71. The van der Waals surface area contributed by atoms with Gasteiger partial charge in [-0.2, -0.15) is 5.26 Å². The first kappa shape index (κ1) is 12.5. The van der Waals surface area contributed by atoms with Gasteiger partial charge in [0.2, 0.25) is 0 Å². The van der Waals surface area contributed by atoms with Crippen LogP contribution in [0.25, 0.3) is 0 Å². The van der Waals surface area contributed by atoms with Crippen LogP contribution in [0.3, 0.4) is 0 Å². The molecule has 2 heteroatoms. The average Bonchev–Trinajstić information content (AvgIpc) is 2.31. The lowest BCUT2D eigenvalue weighted by Crippen LogP contribution is -2.30. The van der Waals surface area contributed by atoms with Gasteiger partial charge in [-0.25, -0.2) is 0 Å². The van der Waals surface area contributed by atoms with Crippen LogP contribution in [0, 0.1) is 23.2 Å². The fourth-order valence-electron chi connectivity index (χ4n) is 2.54. The molecule has 1 saturated carbocycles. The molecule has 0 aromatic carbocycles. The van der Waals surface area contributed by atoms with Crippen LogP contribution in [-0.4, -0.2) is 11.2 Å². The second-order valence-electron chi connectivity index (χ2n) is 4.77. The quantitative estimate of drug-likeness (QED) is 0.755. The molecular weight excluding hydrogens is 186 g/mol. The maximum absolute atomic E-state index is 10.1. The molecule has 2 atom stereocenters. The van der Waals surface area contributed by atoms with Crippen molar-refractivity contribution in [2.45, 2.75) is 64.4 Å². The second-order valence-corrected chi connectivity index (χ2v) is 4.77. The molecule has 0 radical (unpaired) electrons. The lowest BCUT2D eigenvalue weighted by molar-refractivity contribution is 0.0488. The van der Waals surface area contributed by atoms with Gasteiger partial charge in [0.05, 0.1) is 18.1 Å². The first-order valence-electron chi connectivity index (χ1n) is 6.37. The van der Waals surface area contributed by atoms with E-state index in [9.17, 15) is 5.11 Å². The van der Waals surface area contributed by atoms with Gasteiger partial charge in [0, 0.05) is 0 Å². The normalized spacial score (nSPS) is 21.9. The Labute approximate surface area is 93.3 Å². The lowest BCUT2D eigenvalue weighted by Gasteiger charge is -2.29. The fraction of sp³-hybridized carbons (Fsp3) is 0.923. The van der Waals surface area contributed by atoms with E-state index >= 15 is 0 Å². The van der Waals surface area contributed by atoms with Crippen molar-refractivity contribution in [2.24, 2.45) is 11.8 Å². The van der Waals surface area contributed by atoms with E-state index in [0.717, 1.165) is 32.1 Å². The van der Waals surface area contributed by atoms with Gasteiger partial charge in [-0.1, -0.05) is 39.0 Å². The van der Waals surface area contributed by atoms with Crippen molar-refractivity contribution < 1.29 is 5.11 Å². The third-order valence-corrected chi connectivity index (χ3v) is 3.58. The van der Waals surface area contributed by atoms with Crippen molar-refractivity contribution >= 4 is 0 Å². The molecule has 1 aliphatic carbocycles. The standard InChI is InChI=1S/C13H23NO/c1-2-3-7-12(10-14)13(15)11-8-5-4-6-9-11/h11-13,15H,2-9H2,1H3. The van der Waals surface area contributed by atoms with Gasteiger partial charge in [0.15, 0.2) is 0 Å². The molecule has 2 nitrogen and oxygen atoms in total. The zero-order valence-corrected chi connectivity index (χ0v) is 9.78. The highest BCUT2D eigenvalue weighted by Gasteiger charge is 2.28. The first-order chi connectivity index (χ1) is 7.29. The van der Waals surface area contributed by atoms with Gasteiger partial charge in [0.25, 0.3) is 0 Å². The van der Waals surface area contributed by atoms with Crippen molar-refractivity contribution in [3.63, 3.8) is 0 Å². The van der Waals surface area contributed by atoms with Crippen molar-refractivity contribution in [2.75, 3.05) is 0 Å². The van der Waals surface area contributed by atoms with Crippen LogP contribution >= 0.6 is 0 Å². The molecule has 0 amide bonds. The Morgan fingerprint density at radius 2 is 2.00 bits per heavy atom. The third-order valence-electron chi connectivity index (χ3n) is 3.58. The first-order valence-corrected chi connectivity index (χ1v) is 6.37. The van der Waals surface area contributed by atoms with Crippen LogP contribution < -0.4 is 0 Å². The SMILES string of the molecule is CCCCC(C#N)C(O)C1CCCCC1. The van der Waals surface area contributed by atoms with E-state index in [0.29, 0.717) is 5.92 Å². The number of unbranched alkanes of at least 4 members (excludes halogenated alkanes) is 1. The maximum atomic E-state index is 10.1. The summed E-state index contributed by atoms with van der Waals surface area (Å²) in [6.07, 6.45) is 8.65. The minimum Gasteiger partial charge on any atom is -0.391 e. The molecular formula is C13H23NO. The van der Waals surface area contributed by atoms with E-state index in [-0.39, 0.29) is 12.0 Å². The molecule has 0 aliphatic heterocycles. The van der Waals surface area contributed by atoms with Crippen LogP contribution in [0.15, 0.2) is 0 Å². The summed E-state index contributed by atoms with van der Waals surface area (Å²) in [7, 11) is 0. The van der Waals surface area contributed by atoms with E-state index in [4.69, 9.17) is 5.26 Å². The van der Waals surface area contributed by atoms with E-state index < -0.39 is 0 Å². The molecule has 15 heavy (non-hydrogen) atoms. The predicted molar refractivity (Wildman–Crippen MR) is 61.2 cm³/mol. The molecule has 0 bridgehead atoms. The van der Waals surface area contributed by atoms with Gasteiger partial charge >= 0.3 is 0 Å². The summed E-state index contributed by atoms with van der Waals surface area (Å²) in [5, 5.41) is 19.2. The average molecular weight is 209 g/mol. The molecule has 86 valence electrons. The van der Waals surface area contributed by atoms with Crippen molar-refractivity contribution in [3.8, 4) is 6.07 Å². The van der Waals surface area contributed by atoms with E-state index in [2.05, 4.69) is 13.0 Å². The minimum atomic E-state index is -0.373. The van der Waals surface area contributed by atoms with Gasteiger partial charge in [0.1, 0.15) is 0 Å². The number of aliphatic hydroxyl groups excluding tert-OH is 1. The molecule has 1 aliphatic rings. The summed E-state index contributed by atoms with van der Waals surface area (Å²) in [5.41, 5.74) is 0. The molecule has 0 aromatic rings. The Hall–Kier alpha value is -0.550. The summed E-state index contributed by atoms with van der Waals surface area (Å²) >= 11 is 0. The van der Waals surface area contributed by atoms with E-state index in [1.165, 1.54) is 19.3 Å². The van der Waals surface area contributed by atoms with E-state index in [1.807, 2.05) is 0 Å². The highest BCUT2D eigenvalue weighted by Crippen LogP contribution is 2.30. The molecule has 2 unspecified atom stereocenters. The minimum absolute atomic E-state index is 0.131. The zero-order chi connectivity index (χ0) is 11.1. The van der Waals surface area contributed by atoms with Crippen LogP contribution in [0.5, 0.6) is 0 Å². The molecule has 0 aromatic heterocycles. The molecule has 0 saturated heterocycles.